The molecule has 1 amide bonds. The minimum Gasteiger partial charge on any atom is -0.331 e. The molecule has 0 aliphatic rings. The van der Waals surface area contributed by atoms with E-state index in [1.165, 1.54) is 0 Å². The number of nitrogens with one attached hydrogen (secondary N) is 3. The Hall–Kier alpha value is -1.36. The van der Waals surface area contributed by atoms with Crippen LogP contribution in [0.3, 0.4) is 0 Å². The van der Waals surface area contributed by atoms with Gasteiger partial charge in [0.1, 0.15) is 0 Å². The van der Waals surface area contributed by atoms with Crippen LogP contribution in [0.1, 0.15) is 20.3 Å². The van der Waals surface area contributed by atoms with E-state index in [1.807, 2.05) is 13.8 Å². The van der Waals surface area contributed by atoms with Crippen molar-refractivity contribution in [3.8, 4) is 0 Å². The normalized spacial score (nSPS) is 12.4. The topological polar surface area (TPSA) is 69.8 Å². The van der Waals surface area contributed by atoms with Gasteiger partial charge in [0.15, 0.2) is 0 Å². The van der Waals surface area contributed by atoms with Crippen LogP contribution in [0.4, 0.5) is 5.95 Å². The molecule has 1 rings (SSSR count). The Morgan fingerprint density at radius 1 is 1.71 bits per heavy atom. The monoisotopic (exact) mass is 196 g/mol. The molecule has 0 radical (unpaired) electrons. The third-order valence-electron chi connectivity index (χ3n) is 1.80. The van der Waals surface area contributed by atoms with Gasteiger partial charge in [-0.3, -0.25) is 10.1 Å². The minimum atomic E-state index is -0.0339. The van der Waals surface area contributed by atoms with Crippen molar-refractivity contribution in [2.45, 2.75) is 26.3 Å². The molecular formula is C9H16N4O. The largest absolute Gasteiger partial charge is 0.331 e. The van der Waals surface area contributed by atoms with Gasteiger partial charge in [-0.25, -0.2) is 4.98 Å². The van der Waals surface area contributed by atoms with E-state index in [4.69, 9.17) is 0 Å². The van der Waals surface area contributed by atoms with Crippen LogP contribution in [0.2, 0.25) is 0 Å². The van der Waals surface area contributed by atoms with Crippen molar-refractivity contribution in [2.24, 2.45) is 0 Å². The zero-order valence-electron chi connectivity index (χ0n) is 8.50. The average Bonchev–Trinajstić information content (AvgIpc) is 2.56. The smallest absolute Gasteiger partial charge is 0.228 e. The number of amides is 1. The molecule has 0 aliphatic carbocycles. The van der Waals surface area contributed by atoms with E-state index in [2.05, 4.69) is 20.6 Å². The van der Waals surface area contributed by atoms with Crippen molar-refractivity contribution in [3.05, 3.63) is 12.4 Å². The van der Waals surface area contributed by atoms with Gasteiger partial charge < -0.3 is 10.3 Å². The molecule has 14 heavy (non-hydrogen) atoms. The van der Waals surface area contributed by atoms with E-state index in [1.54, 1.807) is 12.4 Å². The Bertz CT molecular complexity index is 270. The number of aromatic nitrogens is 2. The quantitative estimate of drug-likeness (QED) is 0.650. The second-order valence-electron chi connectivity index (χ2n) is 3.15. The number of H-pyrrole nitrogens is 1. The molecule has 0 bridgehead atoms. The summed E-state index contributed by atoms with van der Waals surface area (Å²) in [7, 11) is 0. The van der Waals surface area contributed by atoms with Gasteiger partial charge in [-0.1, -0.05) is 6.92 Å². The van der Waals surface area contributed by atoms with Crippen molar-refractivity contribution in [1.82, 2.24) is 15.3 Å². The van der Waals surface area contributed by atoms with Crippen molar-refractivity contribution in [1.29, 1.82) is 0 Å². The lowest BCUT2D eigenvalue weighted by atomic mass is 10.2. The highest BCUT2D eigenvalue weighted by Crippen LogP contribution is 1.98. The average molecular weight is 196 g/mol. The van der Waals surface area contributed by atoms with Crippen LogP contribution in [-0.4, -0.2) is 28.5 Å². The van der Waals surface area contributed by atoms with Gasteiger partial charge in [-0.15, -0.1) is 0 Å². The van der Waals surface area contributed by atoms with Crippen molar-refractivity contribution in [3.63, 3.8) is 0 Å². The van der Waals surface area contributed by atoms with Gasteiger partial charge in [0.05, 0.1) is 0 Å². The fourth-order valence-electron chi connectivity index (χ4n) is 1.22. The first-order chi connectivity index (χ1) is 6.72. The van der Waals surface area contributed by atoms with E-state index in [-0.39, 0.29) is 11.9 Å². The molecule has 78 valence electrons. The number of anilines is 1. The summed E-state index contributed by atoms with van der Waals surface area (Å²) < 4.78 is 0. The Morgan fingerprint density at radius 2 is 2.50 bits per heavy atom. The summed E-state index contributed by atoms with van der Waals surface area (Å²) in [6.07, 6.45) is 3.72. The van der Waals surface area contributed by atoms with Crippen LogP contribution in [0.15, 0.2) is 12.4 Å². The summed E-state index contributed by atoms with van der Waals surface area (Å²) in [6.45, 7) is 4.86. The fourth-order valence-corrected chi connectivity index (χ4v) is 1.22. The van der Waals surface area contributed by atoms with Crippen molar-refractivity contribution < 1.29 is 4.79 Å². The van der Waals surface area contributed by atoms with Crippen LogP contribution in [0.25, 0.3) is 0 Å². The highest BCUT2D eigenvalue weighted by Gasteiger charge is 2.08. The Labute approximate surface area is 83.3 Å². The summed E-state index contributed by atoms with van der Waals surface area (Å²) in [6, 6.07) is 0.190. The predicted octanol–water partition coefficient (Wildman–Crippen LogP) is 0.736. The number of rotatable bonds is 5. The third kappa shape index (κ3) is 3.57. The number of carbonyl (C=O) groups excluding carboxylic acids is 1. The number of nitrogens with zero attached hydrogens (tertiary/aromatic N) is 1. The predicted molar refractivity (Wildman–Crippen MR) is 55.0 cm³/mol. The fraction of sp³-hybridized carbons (Fsp3) is 0.556. The lowest BCUT2D eigenvalue weighted by Gasteiger charge is -2.10. The van der Waals surface area contributed by atoms with Gasteiger partial charge in [0.2, 0.25) is 11.9 Å². The van der Waals surface area contributed by atoms with Gasteiger partial charge in [0, 0.05) is 24.9 Å². The standard InChI is InChI=1S/C9H16N4O/c1-3-10-7(2)6-8(14)13-9-11-4-5-12-9/h4-5,7,10H,3,6H2,1-2H3,(H2,11,12,13,14). The van der Waals surface area contributed by atoms with Crippen molar-refractivity contribution >= 4 is 11.9 Å². The molecule has 1 heterocycles. The molecule has 1 unspecified atom stereocenters. The molecular weight excluding hydrogens is 180 g/mol. The van der Waals surface area contributed by atoms with Crippen LogP contribution in [0, 0.1) is 0 Å². The second-order valence-corrected chi connectivity index (χ2v) is 3.15. The first-order valence-electron chi connectivity index (χ1n) is 4.75. The summed E-state index contributed by atoms with van der Waals surface area (Å²) in [5.74, 6) is 0.465. The minimum absolute atomic E-state index is 0.0339. The summed E-state index contributed by atoms with van der Waals surface area (Å²) >= 11 is 0. The van der Waals surface area contributed by atoms with Gasteiger partial charge in [0.25, 0.3) is 0 Å². The lowest BCUT2D eigenvalue weighted by Crippen LogP contribution is -2.30. The van der Waals surface area contributed by atoms with E-state index in [0.29, 0.717) is 12.4 Å². The molecule has 0 aliphatic heterocycles. The number of carbonyl (C=O) groups is 1. The first-order valence-corrected chi connectivity index (χ1v) is 4.75. The van der Waals surface area contributed by atoms with Crippen LogP contribution < -0.4 is 10.6 Å². The Morgan fingerprint density at radius 3 is 3.07 bits per heavy atom. The van der Waals surface area contributed by atoms with Crippen LogP contribution in [-0.2, 0) is 4.79 Å². The van der Waals surface area contributed by atoms with E-state index >= 15 is 0 Å². The summed E-state index contributed by atoms with van der Waals surface area (Å²) in [5.41, 5.74) is 0. The molecule has 5 heteroatoms. The molecule has 0 aromatic carbocycles. The molecule has 0 saturated heterocycles. The molecule has 0 spiro atoms. The molecule has 3 N–H and O–H groups in total. The Balaban J connectivity index is 2.29. The van der Waals surface area contributed by atoms with Gasteiger partial charge in [-0.05, 0) is 13.5 Å². The van der Waals surface area contributed by atoms with E-state index in [9.17, 15) is 4.79 Å². The van der Waals surface area contributed by atoms with Crippen molar-refractivity contribution in [2.75, 3.05) is 11.9 Å². The SMILES string of the molecule is CCNC(C)CC(=O)Nc1ncc[nH]1. The number of hydrogen-bond acceptors (Lipinski definition) is 3. The lowest BCUT2D eigenvalue weighted by molar-refractivity contribution is -0.116. The third-order valence-corrected chi connectivity index (χ3v) is 1.80. The molecule has 1 aromatic heterocycles. The van der Waals surface area contributed by atoms with E-state index in [0.717, 1.165) is 6.54 Å². The highest BCUT2D eigenvalue weighted by molar-refractivity contribution is 5.89. The van der Waals surface area contributed by atoms with Gasteiger partial charge >= 0.3 is 0 Å². The van der Waals surface area contributed by atoms with Crippen LogP contribution >= 0.6 is 0 Å². The highest BCUT2D eigenvalue weighted by atomic mass is 16.1. The zero-order valence-corrected chi connectivity index (χ0v) is 8.50. The first kappa shape index (κ1) is 10.7. The van der Waals surface area contributed by atoms with E-state index < -0.39 is 0 Å². The molecule has 1 atom stereocenters. The number of aromatic amines is 1. The molecule has 0 fully saturated rings. The molecule has 5 nitrogen and oxygen atoms in total. The molecule has 1 aromatic rings. The maximum Gasteiger partial charge on any atom is 0.228 e. The maximum atomic E-state index is 11.4. The second kappa shape index (κ2) is 5.39. The summed E-state index contributed by atoms with van der Waals surface area (Å²) in [4.78, 5) is 18.1. The maximum absolute atomic E-state index is 11.4. The number of imidazole rings is 1. The zero-order chi connectivity index (χ0) is 10.4. The Kier molecular flexibility index (Phi) is 4.12. The van der Waals surface area contributed by atoms with Gasteiger partial charge in [-0.2, -0.15) is 0 Å². The van der Waals surface area contributed by atoms with Crippen LogP contribution in [0.5, 0.6) is 0 Å². The number of hydrogen-bond donors (Lipinski definition) is 3. The summed E-state index contributed by atoms with van der Waals surface area (Å²) in [5, 5.41) is 5.83. The molecule has 0 saturated carbocycles.